The first-order valence-electron chi connectivity index (χ1n) is 12.2. The predicted octanol–water partition coefficient (Wildman–Crippen LogP) is 5.03. The van der Waals surface area contributed by atoms with E-state index in [4.69, 9.17) is 9.47 Å². The fourth-order valence-electron chi connectivity index (χ4n) is 3.63. The van der Waals surface area contributed by atoms with Gasteiger partial charge in [-0.1, -0.05) is 81.9 Å². The zero-order valence-corrected chi connectivity index (χ0v) is 22.7. The quantitative estimate of drug-likeness (QED) is 0.324. The van der Waals surface area contributed by atoms with Gasteiger partial charge in [0.1, 0.15) is 18.8 Å². The Kier molecular flexibility index (Phi) is 9.66. The molecule has 3 rings (SSSR count). The molecule has 0 radical (unpaired) electrons. The zero-order chi connectivity index (χ0) is 27.0. The van der Waals surface area contributed by atoms with E-state index in [1.54, 1.807) is 34.1 Å². The number of para-hydroxylation sites is 2. The van der Waals surface area contributed by atoms with Crippen molar-refractivity contribution in [1.82, 2.24) is 10.3 Å². The van der Waals surface area contributed by atoms with Crippen molar-refractivity contribution in [2.24, 2.45) is 5.41 Å². The Morgan fingerprint density at radius 2 is 1.73 bits per heavy atom. The Bertz CT molecular complexity index is 1200. The predicted molar refractivity (Wildman–Crippen MR) is 146 cm³/mol. The lowest BCUT2D eigenvalue weighted by Crippen LogP contribution is -2.50. The number of aliphatic hydroxyl groups excluding tert-OH is 1. The van der Waals surface area contributed by atoms with Gasteiger partial charge in [-0.2, -0.15) is 0 Å². The highest BCUT2D eigenvalue weighted by Gasteiger charge is 2.32. The molecule has 2 amide bonds. The third kappa shape index (κ3) is 7.53. The fourth-order valence-corrected chi connectivity index (χ4v) is 4.51. The van der Waals surface area contributed by atoms with Crippen molar-refractivity contribution in [3.8, 4) is 21.9 Å². The van der Waals surface area contributed by atoms with Crippen molar-refractivity contribution in [3.05, 3.63) is 60.3 Å². The molecule has 37 heavy (non-hydrogen) atoms. The minimum Gasteiger partial charge on any atom is -0.493 e. The SMILES string of the molecule is CCC[C@H](NC(=O)C(O)C(C)(C)C)C(=O)Nc1ncc(-c2ccccc2COc2ccccc2OC)s1. The van der Waals surface area contributed by atoms with Crippen LogP contribution in [0.5, 0.6) is 11.5 Å². The first-order chi connectivity index (χ1) is 17.6. The number of hydrogen-bond donors (Lipinski definition) is 3. The van der Waals surface area contributed by atoms with Crippen molar-refractivity contribution < 1.29 is 24.2 Å². The van der Waals surface area contributed by atoms with E-state index < -0.39 is 23.5 Å². The highest BCUT2D eigenvalue weighted by atomic mass is 32.1. The summed E-state index contributed by atoms with van der Waals surface area (Å²) in [6, 6.07) is 14.5. The lowest BCUT2D eigenvalue weighted by atomic mass is 9.88. The molecule has 0 aliphatic carbocycles. The van der Waals surface area contributed by atoms with E-state index in [2.05, 4.69) is 15.6 Å². The molecule has 1 unspecified atom stereocenters. The maximum atomic E-state index is 13.0. The molecule has 1 aromatic heterocycles. The maximum Gasteiger partial charge on any atom is 0.250 e. The van der Waals surface area contributed by atoms with Crippen molar-refractivity contribution in [3.63, 3.8) is 0 Å². The third-order valence-electron chi connectivity index (χ3n) is 5.75. The van der Waals surface area contributed by atoms with Gasteiger partial charge in [-0.25, -0.2) is 4.98 Å². The number of ether oxygens (including phenoxy) is 2. The summed E-state index contributed by atoms with van der Waals surface area (Å²) in [7, 11) is 1.60. The standard InChI is InChI=1S/C28H35N3O5S/c1-6-11-20(30-26(34)24(32)28(2,3)4)25(33)31-27-29-16-23(37-27)19-13-8-7-12-18(19)17-36-22-15-10-9-14-21(22)35-5/h7-10,12-16,20,24,32H,6,11,17H2,1-5H3,(H,30,34)(H,29,31,33)/t20-,24?/m0/s1. The third-order valence-corrected chi connectivity index (χ3v) is 6.70. The van der Waals surface area contributed by atoms with Crippen molar-refractivity contribution in [2.75, 3.05) is 12.4 Å². The first kappa shape index (κ1) is 28.1. The number of aliphatic hydroxyl groups is 1. The molecule has 3 N–H and O–H groups in total. The van der Waals surface area contributed by atoms with Gasteiger partial charge in [-0.3, -0.25) is 9.59 Å². The summed E-state index contributed by atoms with van der Waals surface area (Å²) in [4.78, 5) is 30.7. The molecule has 2 atom stereocenters. The molecule has 0 bridgehead atoms. The van der Waals surface area contributed by atoms with Crippen LogP contribution in [0.1, 0.15) is 46.1 Å². The molecule has 0 fully saturated rings. The number of aromatic nitrogens is 1. The number of amides is 2. The smallest absolute Gasteiger partial charge is 0.250 e. The van der Waals surface area contributed by atoms with Crippen LogP contribution in [-0.2, 0) is 16.2 Å². The molecule has 0 saturated carbocycles. The molecule has 0 aliphatic heterocycles. The number of rotatable bonds is 11. The lowest BCUT2D eigenvalue weighted by Gasteiger charge is -2.26. The summed E-state index contributed by atoms with van der Waals surface area (Å²) in [5.74, 6) is 0.374. The summed E-state index contributed by atoms with van der Waals surface area (Å²) in [6.07, 6.45) is 1.61. The minimum atomic E-state index is -1.22. The first-order valence-corrected chi connectivity index (χ1v) is 13.0. The zero-order valence-electron chi connectivity index (χ0n) is 21.9. The topological polar surface area (TPSA) is 110 Å². The average molecular weight is 526 g/mol. The summed E-state index contributed by atoms with van der Waals surface area (Å²) < 4.78 is 11.4. The van der Waals surface area contributed by atoms with Crippen molar-refractivity contribution >= 4 is 28.3 Å². The van der Waals surface area contributed by atoms with Gasteiger partial charge in [0.15, 0.2) is 16.6 Å². The summed E-state index contributed by atoms with van der Waals surface area (Å²) >= 11 is 1.34. The number of methoxy groups -OCH3 is 1. The van der Waals surface area contributed by atoms with E-state index >= 15 is 0 Å². The van der Waals surface area contributed by atoms with Crippen LogP contribution >= 0.6 is 11.3 Å². The summed E-state index contributed by atoms with van der Waals surface area (Å²) in [5.41, 5.74) is 1.27. The van der Waals surface area contributed by atoms with E-state index in [1.165, 1.54) is 11.3 Å². The Balaban J connectivity index is 1.71. The Morgan fingerprint density at radius 1 is 1.05 bits per heavy atom. The normalized spacial score (nSPS) is 12.9. The number of benzene rings is 2. The van der Waals surface area contributed by atoms with Gasteiger partial charge in [0.2, 0.25) is 11.8 Å². The molecule has 8 nitrogen and oxygen atoms in total. The monoisotopic (exact) mass is 525 g/mol. The van der Waals surface area contributed by atoms with E-state index in [-0.39, 0.29) is 5.91 Å². The summed E-state index contributed by atoms with van der Waals surface area (Å²) in [6.45, 7) is 7.56. The Morgan fingerprint density at radius 3 is 2.41 bits per heavy atom. The number of carbonyl (C=O) groups excluding carboxylic acids is 2. The van der Waals surface area contributed by atoms with Crippen LogP contribution in [0.2, 0.25) is 0 Å². The molecule has 0 aliphatic rings. The van der Waals surface area contributed by atoms with E-state index in [1.807, 2.05) is 55.5 Å². The molecule has 1 heterocycles. The van der Waals surface area contributed by atoms with Gasteiger partial charge in [0.05, 0.1) is 12.0 Å². The maximum absolute atomic E-state index is 13.0. The van der Waals surface area contributed by atoms with Crippen LogP contribution in [0, 0.1) is 5.41 Å². The highest BCUT2D eigenvalue weighted by molar-refractivity contribution is 7.19. The van der Waals surface area contributed by atoms with Crippen LogP contribution in [-0.4, -0.2) is 41.2 Å². The van der Waals surface area contributed by atoms with E-state index in [0.29, 0.717) is 36.1 Å². The Labute approximate surface area is 222 Å². The van der Waals surface area contributed by atoms with Gasteiger partial charge >= 0.3 is 0 Å². The average Bonchev–Trinajstić information content (AvgIpc) is 3.34. The van der Waals surface area contributed by atoms with Gasteiger partial charge in [-0.05, 0) is 35.1 Å². The number of thiazole rings is 1. The van der Waals surface area contributed by atoms with Crippen LogP contribution in [0.25, 0.3) is 10.4 Å². The van der Waals surface area contributed by atoms with Crippen LogP contribution < -0.4 is 20.1 Å². The van der Waals surface area contributed by atoms with Crippen molar-refractivity contribution in [1.29, 1.82) is 0 Å². The van der Waals surface area contributed by atoms with Gasteiger partial charge < -0.3 is 25.2 Å². The number of anilines is 1. The van der Waals surface area contributed by atoms with Crippen LogP contribution in [0.3, 0.4) is 0 Å². The molecule has 198 valence electrons. The molecule has 3 aromatic rings. The Hall–Kier alpha value is -3.43. The number of nitrogens with zero attached hydrogens (tertiary/aromatic N) is 1. The highest BCUT2D eigenvalue weighted by Crippen LogP contribution is 2.33. The van der Waals surface area contributed by atoms with E-state index in [9.17, 15) is 14.7 Å². The van der Waals surface area contributed by atoms with Gasteiger partial charge in [-0.15, -0.1) is 0 Å². The molecule has 2 aromatic carbocycles. The number of hydrogen-bond acceptors (Lipinski definition) is 7. The summed E-state index contributed by atoms with van der Waals surface area (Å²) in [5, 5.41) is 16.2. The van der Waals surface area contributed by atoms with Crippen LogP contribution in [0.15, 0.2) is 54.7 Å². The second-order valence-electron chi connectivity index (χ2n) is 9.73. The van der Waals surface area contributed by atoms with Gasteiger partial charge in [0.25, 0.3) is 0 Å². The lowest BCUT2D eigenvalue weighted by molar-refractivity contribution is -0.137. The van der Waals surface area contributed by atoms with Gasteiger partial charge in [0, 0.05) is 6.20 Å². The largest absolute Gasteiger partial charge is 0.493 e. The van der Waals surface area contributed by atoms with Crippen molar-refractivity contribution in [2.45, 2.75) is 59.3 Å². The van der Waals surface area contributed by atoms with Crippen LogP contribution in [0.4, 0.5) is 5.13 Å². The second-order valence-corrected chi connectivity index (χ2v) is 10.8. The molecular formula is C28H35N3O5S. The number of carbonyl (C=O) groups is 2. The minimum absolute atomic E-state index is 0.330. The molecule has 9 heteroatoms. The fraction of sp³-hybridized carbons (Fsp3) is 0.393. The molecule has 0 spiro atoms. The number of nitrogens with one attached hydrogen (secondary N) is 2. The molecule has 0 saturated heterocycles. The van der Waals surface area contributed by atoms with E-state index in [0.717, 1.165) is 16.0 Å². The second kappa shape index (κ2) is 12.7. The molecular weight excluding hydrogens is 490 g/mol.